The first kappa shape index (κ1) is 15.9. The topological polar surface area (TPSA) is 123 Å². The minimum Gasteiger partial charge on any atom is -0.343 e. The average Bonchev–Trinajstić information content (AvgIpc) is 3.38. The summed E-state index contributed by atoms with van der Waals surface area (Å²) in [4.78, 5) is 27.7. The van der Waals surface area contributed by atoms with Crippen molar-refractivity contribution < 1.29 is 4.92 Å². The zero-order valence-electron chi connectivity index (χ0n) is 14.3. The third kappa shape index (κ3) is 2.45. The van der Waals surface area contributed by atoms with Gasteiger partial charge in [0.25, 0.3) is 5.69 Å². The van der Waals surface area contributed by atoms with Crippen LogP contribution in [0.15, 0.2) is 61.2 Å². The van der Waals surface area contributed by atoms with Gasteiger partial charge in [-0.25, -0.2) is 9.97 Å². The number of nitrogens with one attached hydrogen (secondary N) is 1. The third-order valence-corrected chi connectivity index (χ3v) is 4.42. The molecule has 0 saturated heterocycles. The lowest BCUT2D eigenvalue weighted by atomic mass is 10.0. The van der Waals surface area contributed by atoms with Gasteiger partial charge in [0.15, 0.2) is 11.3 Å². The van der Waals surface area contributed by atoms with E-state index >= 15 is 0 Å². The molecule has 3 aromatic heterocycles. The van der Waals surface area contributed by atoms with E-state index in [1.165, 1.54) is 12.3 Å². The average molecular weight is 369 g/mol. The van der Waals surface area contributed by atoms with Crippen LogP contribution in [0.1, 0.15) is 0 Å². The highest BCUT2D eigenvalue weighted by molar-refractivity contribution is 6.11. The second kappa shape index (κ2) is 6.16. The van der Waals surface area contributed by atoms with E-state index in [0.29, 0.717) is 33.5 Å². The van der Waals surface area contributed by atoms with E-state index in [0.717, 1.165) is 5.56 Å². The molecule has 0 spiro atoms. The molecule has 9 heteroatoms. The molecule has 2 aromatic carbocycles. The molecule has 0 aliphatic rings. The summed E-state index contributed by atoms with van der Waals surface area (Å²) >= 11 is 0. The minimum absolute atomic E-state index is 0.133. The molecule has 134 valence electrons. The van der Waals surface area contributed by atoms with Crippen molar-refractivity contribution in [1.82, 2.24) is 30.1 Å². The van der Waals surface area contributed by atoms with Crippen LogP contribution in [0.25, 0.3) is 44.6 Å². The van der Waals surface area contributed by atoms with Gasteiger partial charge in [-0.2, -0.15) is 5.10 Å². The van der Waals surface area contributed by atoms with Gasteiger partial charge in [0.05, 0.1) is 33.9 Å². The molecule has 5 rings (SSSR count). The van der Waals surface area contributed by atoms with Crippen LogP contribution in [0, 0.1) is 10.1 Å². The number of aromatic amines is 1. The molecule has 0 aliphatic carbocycles. The number of nitro benzene ring substituents is 1. The Hall–Kier alpha value is -4.27. The van der Waals surface area contributed by atoms with Gasteiger partial charge < -0.3 is 4.98 Å². The Kier molecular flexibility index (Phi) is 3.51. The van der Waals surface area contributed by atoms with E-state index in [-0.39, 0.29) is 11.2 Å². The van der Waals surface area contributed by atoms with Crippen molar-refractivity contribution in [2.45, 2.75) is 0 Å². The number of hydrogen-bond donors (Lipinski definition) is 1. The summed E-state index contributed by atoms with van der Waals surface area (Å²) in [5, 5.41) is 20.4. The van der Waals surface area contributed by atoms with Gasteiger partial charge in [-0.3, -0.25) is 15.1 Å². The molecule has 5 aromatic rings. The zero-order valence-corrected chi connectivity index (χ0v) is 14.3. The van der Waals surface area contributed by atoms with E-state index in [9.17, 15) is 10.1 Å². The van der Waals surface area contributed by atoms with Crippen molar-refractivity contribution in [3.63, 3.8) is 0 Å². The first-order chi connectivity index (χ1) is 13.7. The summed E-state index contributed by atoms with van der Waals surface area (Å²) in [6.07, 6.45) is 6.39. The van der Waals surface area contributed by atoms with Crippen molar-refractivity contribution in [1.29, 1.82) is 0 Å². The molecular formula is C19H11N7O2. The molecule has 9 nitrogen and oxygen atoms in total. The number of nitro groups is 1. The van der Waals surface area contributed by atoms with Gasteiger partial charge in [-0.1, -0.05) is 30.3 Å². The Morgan fingerprint density at radius 1 is 1.00 bits per heavy atom. The monoisotopic (exact) mass is 369 g/mol. The molecule has 0 fully saturated rings. The molecular weight excluding hydrogens is 358 g/mol. The maximum Gasteiger partial charge on any atom is 0.298 e. The fourth-order valence-corrected chi connectivity index (χ4v) is 3.17. The predicted octanol–water partition coefficient (Wildman–Crippen LogP) is 3.54. The second-order valence-electron chi connectivity index (χ2n) is 6.06. The smallest absolute Gasteiger partial charge is 0.298 e. The number of nitrogens with zero attached hydrogens (tertiary/aromatic N) is 6. The summed E-state index contributed by atoms with van der Waals surface area (Å²) in [5.74, 6) is 0.550. The number of aromatic nitrogens is 6. The van der Waals surface area contributed by atoms with Crippen LogP contribution >= 0.6 is 0 Å². The molecule has 0 bridgehead atoms. The number of hydrogen-bond acceptors (Lipinski definition) is 7. The van der Waals surface area contributed by atoms with Crippen molar-refractivity contribution in [3.05, 3.63) is 71.3 Å². The molecule has 28 heavy (non-hydrogen) atoms. The predicted molar refractivity (Wildman–Crippen MR) is 102 cm³/mol. The van der Waals surface area contributed by atoms with Crippen LogP contribution in [0.4, 0.5) is 5.69 Å². The maximum atomic E-state index is 11.6. The number of imidazole rings is 1. The molecule has 0 amide bonds. The van der Waals surface area contributed by atoms with Crippen molar-refractivity contribution in [2.24, 2.45) is 0 Å². The summed E-state index contributed by atoms with van der Waals surface area (Å²) in [7, 11) is 0. The lowest BCUT2D eigenvalue weighted by molar-refractivity contribution is -0.383. The van der Waals surface area contributed by atoms with Gasteiger partial charge in [0, 0.05) is 29.4 Å². The second-order valence-corrected chi connectivity index (χ2v) is 6.06. The fraction of sp³-hybridized carbons (Fsp3) is 0. The Labute approximate surface area is 157 Å². The van der Waals surface area contributed by atoms with Crippen LogP contribution < -0.4 is 0 Å². The first-order valence-electron chi connectivity index (χ1n) is 8.37. The van der Waals surface area contributed by atoms with Crippen molar-refractivity contribution >= 4 is 27.5 Å². The van der Waals surface area contributed by atoms with Crippen LogP contribution in [0.2, 0.25) is 0 Å². The molecule has 1 N–H and O–H groups in total. The Morgan fingerprint density at radius 3 is 2.61 bits per heavy atom. The fourth-order valence-electron chi connectivity index (χ4n) is 3.17. The molecule has 0 atom stereocenters. The van der Waals surface area contributed by atoms with E-state index in [2.05, 4.69) is 25.1 Å². The number of H-pyrrole nitrogens is 1. The first-order valence-corrected chi connectivity index (χ1v) is 8.37. The summed E-state index contributed by atoms with van der Waals surface area (Å²) in [6, 6.07) is 10.9. The third-order valence-electron chi connectivity index (χ3n) is 4.42. The molecule has 0 radical (unpaired) electrons. The number of fused-ring (bicyclic) bond motifs is 3. The summed E-state index contributed by atoms with van der Waals surface area (Å²) in [6.45, 7) is 0. The van der Waals surface area contributed by atoms with E-state index in [1.807, 2.05) is 30.3 Å². The largest absolute Gasteiger partial charge is 0.343 e. The van der Waals surface area contributed by atoms with Gasteiger partial charge >= 0.3 is 0 Å². The van der Waals surface area contributed by atoms with Crippen molar-refractivity contribution in [3.8, 4) is 22.8 Å². The Morgan fingerprint density at radius 2 is 1.86 bits per heavy atom. The summed E-state index contributed by atoms with van der Waals surface area (Å²) in [5.41, 5.74) is 2.49. The lowest BCUT2D eigenvalue weighted by Gasteiger charge is -2.03. The Balaban J connectivity index is 1.98. The SMILES string of the molecule is O=[N+]([O-])c1cc2c(-c3ccccc3)nc(-c3ncc[nH]3)cnc2c2cnnc12. The normalized spacial score (nSPS) is 11.1. The Bertz CT molecular complexity index is 1340. The number of non-ortho nitro benzene ring substituents is 1. The highest BCUT2D eigenvalue weighted by Gasteiger charge is 2.21. The highest BCUT2D eigenvalue weighted by atomic mass is 16.6. The quantitative estimate of drug-likeness (QED) is 0.381. The van der Waals surface area contributed by atoms with Crippen LogP contribution in [0.3, 0.4) is 0 Å². The van der Waals surface area contributed by atoms with E-state index in [1.54, 1.807) is 18.6 Å². The van der Waals surface area contributed by atoms with Gasteiger partial charge in [-0.15, -0.1) is 5.10 Å². The molecule has 0 aliphatic heterocycles. The zero-order chi connectivity index (χ0) is 19.1. The number of benzene rings is 2. The molecule has 0 unspecified atom stereocenters. The van der Waals surface area contributed by atoms with Crippen LogP contribution in [-0.2, 0) is 0 Å². The standard InChI is InChI=1S/C19H11N7O2/c27-26(28)15-8-12-16(11-4-2-1-3-5-11)24-14(19-20-6-7-21-19)10-22-17(12)13-9-23-25-18(13)15/h1-10H,(H,20,21). The van der Waals surface area contributed by atoms with E-state index in [4.69, 9.17) is 4.98 Å². The van der Waals surface area contributed by atoms with Gasteiger partial charge in [0.1, 0.15) is 5.69 Å². The van der Waals surface area contributed by atoms with Crippen LogP contribution in [-0.4, -0.2) is 35.1 Å². The van der Waals surface area contributed by atoms with Gasteiger partial charge in [-0.05, 0) is 0 Å². The molecule has 3 heterocycles. The highest BCUT2D eigenvalue weighted by Crippen LogP contribution is 2.35. The van der Waals surface area contributed by atoms with Crippen molar-refractivity contribution in [2.75, 3.05) is 0 Å². The summed E-state index contributed by atoms with van der Waals surface area (Å²) < 4.78 is 0. The molecule has 0 saturated carbocycles. The maximum absolute atomic E-state index is 11.6. The number of rotatable bonds is 3. The minimum atomic E-state index is -0.467. The lowest BCUT2D eigenvalue weighted by Crippen LogP contribution is -1.92. The van der Waals surface area contributed by atoms with Gasteiger partial charge in [0.2, 0.25) is 0 Å². The van der Waals surface area contributed by atoms with E-state index < -0.39 is 4.92 Å². The van der Waals surface area contributed by atoms with Crippen LogP contribution in [0.5, 0.6) is 0 Å².